The van der Waals surface area contributed by atoms with Crippen molar-refractivity contribution in [2.45, 2.75) is 13.2 Å². The predicted octanol–water partition coefficient (Wildman–Crippen LogP) is 4.10. The summed E-state index contributed by atoms with van der Waals surface area (Å²) < 4.78 is 24.1. The van der Waals surface area contributed by atoms with Crippen LogP contribution < -0.4 is 14.8 Å². The van der Waals surface area contributed by atoms with Crippen LogP contribution in [0.1, 0.15) is 11.1 Å². The molecule has 0 radical (unpaired) electrons. The average molecular weight is 365 g/mol. The van der Waals surface area contributed by atoms with E-state index in [4.69, 9.17) is 9.47 Å². The Bertz CT molecular complexity index is 883. The molecule has 1 N–H and O–H groups in total. The van der Waals surface area contributed by atoms with E-state index in [0.29, 0.717) is 18.9 Å². The molecule has 0 saturated heterocycles. The van der Waals surface area contributed by atoms with E-state index < -0.39 is 5.82 Å². The van der Waals surface area contributed by atoms with Crippen molar-refractivity contribution in [3.63, 3.8) is 0 Å². The Morgan fingerprint density at radius 1 is 0.815 bits per heavy atom. The molecule has 0 fully saturated rings. The van der Waals surface area contributed by atoms with Crippen molar-refractivity contribution in [2.24, 2.45) is 0 Å². The van der Waals surface area contributed by atoms with E-state index in [-0.39, 0.29) is 12.5 Å². The summed E-state index contributed by atoms with van der Waals surface area (Å²) in [4.78, 5) is 11.9. The highest BCUT2D eigenvalue weighted by atomic mass is 19.1. The first-order valence-corrected chi connectivity index (χ1v) is 8.60. The van der Waals surface area contributed by atoms with Gasteiger partial charge >= 0.3 is 0 Å². The predicted molar refractivity (Wildman–Crippen MR) is 101 cm³/mol. The summed E-state index contributed by atoms with van der Waals surface area (Å²) in [6, 6.07) is 23.1. The zero-order valence-corrected chi connectivity index (χ0v) is 14.7. The minimum absolute atomic E-state index is 0.173. The first-order chi connectivity index (χ1) is 13.2. The molecule has 0 bridgehead atoms. The van der Waals surface area contributed by atoms with Crippen molar-refractivity contribution in [3.8, 4) is 11.5 Å². The lowest BCUT2D eigenvalue weighted by Gasteiger charge is -2.10. The molecule has 0 aliphatic rings. The maximum Gasteiger partial charge on any atom is 0.258 e. The third-order valence-electron chi connectivity index (χ3n) is 3.80. The van der Waals surface area contributed by atoms with E-state index in [9.17, 15) is 9.18 Å². The number of hydrogen-bond acceptors (Lipinski definition) is 3. The molecule has 0 aromatic heterocycles. The van der Waals surface area contributed by atoms with Gasteiger partial charge in [0.1, 0.15) is 23.9 Å². The van der Waals surface area contributed by atoms with Gasteiger partial charge in [-0.2, -0.15) is 0 Å². The zero-order valence-electron chi connectivity index (χ0n) is 14.7. The molecular weight excluding hydrogens is 345 g/mol. The van der Waals surface area contributed by atoms with Crippen LogP contribution >= 0.6 is 0 Å². The summed E-state index contributed by atoms with van der Waals surface area (Å²) in [6.07, 6.45) is 0. The molecule has 4 nitrogen and oxygen atoms in total. The Balaban J connectivity index is 1.45. The van der Waals surface area contributed by atoms with Crippen molar-refractivity contribution in [1.29, 1.82) is 0 Å². The van der Waals surface area contributed by atoms with Gasteiger partial charge in [0.05, 0.1) is 0 Å². The first kappa shape index (κ1) is 18.5. The fraction of sp³-hybridized carbons (Fsp3) is 0.136. The second-order valence-electron chi connectivity index (χ2n) is 5.94. The maximum atomic E-state index is 13.1. The minimum Gasteiger partial charge on any atom is -0.489 e. The molecule has 3 aromatic rings. The maximum absolute atomic E-state index is 13.1. The molecule has 138 valence electrons. The van der Waals surface area contributed by atoms with Crippen LogP contribution in [-0.2, 0) is 17.9 Å². The minimum atomic E-state index is -0.403. The standard InChI is InChI=1S/C22H20FNO3/c23-19-9-5-11-21(13-19)27-16-22(25)24-14-18-8-4-10-20(12-18)26-15-17-6-2-1-3-7-17/h1-13H,14-16H2,(H,24,25). The summed E-state index contributed by atoms with van der Waals surface area (Å²) in [7, 11) is 0. The number of ether oxygens (including phenoxy) is 2. The van der Waals surface area contributed by atoms with Gasteiger partial charge in [-0.1, -0.05) is 48.5 Å². The number of benzene rings is 3. The van der Waals surface area contributed by atoms with Crippen molar-refractivity contribution in [1.82, 2.24) is 5.32 Å². The molecule has 5 heteroatoms. The lowest BCUT2D eigenvalue weighted by atomic mass is 10.2. The fourth-order valence-electron chi connectivity index (χ4n) is 2.44. The first-order valence-electron chi connectivity index (χ1n) is 8.60. The van der Waals surface area contributed by atoms with Crippen LogP contribution in [0.2, 0.25) is 0 Å². The smallest absolute Gasteiger partial charge is 0.258 e. The molecule has 0 spiro atoms. The van der Waals surface area contributed by atoms with Crippen LogP contribution in [0.25, 0.3) is 0 Å². The Hall–Kier alpha value is -3.34. The Kier molecular flexibility index (Phi) is 6.41. The molecule has 0 aliphatic heterocycles. The Labute approximate surface area is 157 Å². The van der Waals surface area contributed by atoms with Crippen LogP contribution in [0, 0.1) is 5.82 Å². The SMILES string of the molecule is O=C(COc1cccc(F)c1)NCc1cccc(OCc2ccccc2)c1. The molecule has 0 saturated carbocycles. The van der Waals surface area contributed by atoms with E-state index in [0.717, 1.165) is 16.9 Å². The molecule has 0 unspecified atom stereocenters. The molecule has 1 amide bonds. The number of amides is 1. The van der Waals surface area contributed by atoms with Crippen LogP contribution in [0.3, 0.4) is 0 Å². The lowest BCUT2D eigenvalue weighted by molar-refractivity contribution is -0.123. The lowest BCUT2D eigenvalue weighted by Crippen LogP contribution is -2.28. The van der Waals surface area contributed by atoms with Gasteiger partial charge in [0.15, 0.2) is 6.61 Å². The summed E-state index contributed by atoms with van der Waals surface area (Å²) in [5.41, 5.74) is 2.00. The van der Waals surface area contributed by atoms with Crippen LogP contribution in [0.15, 0.2) is 78.9 Å². The van der Waals surface area contributed by atoms with Crippen molar-refractivity contribution in [3.05, 3.63) is 95.8 Å². The third kappa shape index (κ3) is 6.15. The molecule has 0 aliphatic carbocycles. The summed E-state index contributed by atoms with van der Waals surface area (Å²) in [5, 5.41) is 2.77. The zero-order chi connectivity index (χ0) is 18.9. The van der Waals surface area contributed by atoms with Gasteiger partial charge in [0, 0.05) is 12.6 Å². The van der Waals surface area contributed by atoms with Crippen LogP contribution in [0.5, 0.6) is 11.5 Å². The van der Waals surface area contributed by atoms with Gasteiger partial charge in [-0.3, -0.25) is 4.79 Å². The molecule has 0 atom stereocenters. The number of carbonyl (C=O) groups excluding carboxylic acids is 1. The Morgan fingerprint density at radius 3 is 2.30 bits per heavy atom. The van der Waals surface area contributed by atoms with E-state index in [1.807, 2.05) is 54.6 Å². The molecule has 3 aromatic carbocycles. The van der Waals surface area contributed by atoms with Gasteiger partial charge < -0.3 is 14.8 Å². The summed E-state index contributed by atoms with van der Waals surface area (Å²) in [6.45, 7) is 0.666. The molecule has 27 heavy (non-hydrogen) atoms. The van der Waals surface area contributed by atoms with E-state index in [1.165, 1.54) is 18.2 Å². The van der Waals surface area contributed by atoms with Gasteiger partial charge in [0.2, 0.25) is 0 Å². The summed E-state index contributed by atoms with van der Waals surface area (Å²) in [5.74, 6) is 0.373. The number of hydrogen-bond donors (Lipinski definition) is 1. The van der Waals surface area contributed by atoms with Crippen molar-refractivity contribution in [2.75, 3.05) is 6.61 Å². The second kappa shape index (κ2) is 9.38. The quantitative estimate of drug-likeness (QED) is 0.654. The van der Waals surface area contributed by atoms with E-state index in [1.54, 1.807) is 6.07 Å². The number of halogens is 1. The van der Waals surface area contributed by atoms with Gasteiger partial charge in [0.25, 0.3) is 5.91 Å². The summed E-state index contributed by atoms with van der Waals surface area (Å²) >= 11 is 0. The van der Waals surface area contributed by atoms with Crippen molar-refractivity contribution >= 4 is 5.91 Å². The van der Waals surface area contributed by atoms with Gasteiger partial charge in [-0.25, -0.2) is 4.39 Å². The van der Waals surface area contributed by atoms with Gasteiger partial charge in [-0.05, 0) is 35.4 Å². The number of rotatable bonds is 8. The normalized spacial score (nSPS) is 10.3. The average Bonchev–Trinajstić information content (AvgIpc) is 2.70. The topological polar surface area (TPSA) is 47.6 Å². The fourth-order valence-corrected chi connectivity index (χ4v) is 2.44. The highest BCUT2D eigenvalue weighted by Crippen LogP contribution is 2.15. The molecule has 3 rings (SSSR count). The highest BCUT2D eigenvalue weighted by molar-refractivity contribution is 5.77. The van der Waals surface area contributed by atoms with Crippen LogP contribution in [-0.4, -0.2) is 12.5 Å². The second-order valence-corrected chi connectivity index (χ2v) is 5.94. The van der Waals surface area contributed by atoms with Crippen LogP contribution in [0.4, 0.5) is 4.39 Å². The number of carbonyl (C=O) groups is 1. The number of nitrogens with one attached hydrogen (secondary N) is 1. The van der Waals surface area contributed by atoms with E-state index in [2.05, 4.69) is 5.32 Å². The van der Waals surface area contributed by atoms with Gasteiger partial charge in [-0.15, -0.1) is 0 Å². The third-order valence-corrected chi connectivity index (χ3v) is 3.80. The largest absolute Gasteiger partial charge is 0.489 e. The molecule has 0 heterocycles. The monoisotopic (exact) mass is 365 g/mol. The molecular formula is C22H20FNO3. The Morgan fingerprint density at radius 2 is 1.52 bits per heavy atom. The van der Waals surface area contributed by atoms with Crippen molar-refractivity contribution < 1.29 is 18.7 Å². The highest BCUT2D eigenvalue weighted by Gasteiger charge is 2.05. The van der Waals surface area contributed by atoms with E-state index >= 15 is 0 Å².